The van der Waals surface area contributed by atoms with E-state index in [2.05, 4.69) is 20.3 Å². The third-order valence-electron chi connectivity index (χ3n) is 5.95. The molecular weight excluding hydrogens is 517 g/mol. The Morgan fingerprint density at radius 2 is 1.97 bits per heavy atom. The van der Waals surface area contributed by atoms with E-state index in [-0.39, 0.29) is 17.9 Å². The van der Waals surface area contributed by atoms with Gasteiger partial charge < -0.3 is 10.3 Å². The second-order valence-corrected chi connectivity index (χ2v) is 10.7. The van der Waals surface area contributed by atoms with Gasteiger partial charge in [0, 0.05) is 64.7 Å². The molecule has 8 nitrogen and oxygen atoms in total. The molecule has 0 aliphatic rings. The van der Waals surface area contributed by atoms with Gasteiger partial charge in [0.2, 0.25) is 10.0 Å². The number of aryl methyl sites for hydroxylation is 1. The topological polar surface area (TPSA) is 131 Å². The number of nitrogens with zero attached hydrogens (tertiary/aromatic N) is 2. The fourth-order valence-corrected chi connectivity index (χ4v) is 5.16. The normalized spacial score (nSPS) is 11.8. The maximum Gasteiger partial charge on any atom is 0.251 e. The molecule has 3 aromatic heterocycles. The van der Waals surface area contributed by atoms with Gasteiger partial charge in [-0.25, -0.2) is 17.9 Å². The molecule has 1 amide bonds. The van der Waals surface area contributed by atoms with Gasteiger partial charge in [0.25, 0.3) is 5.91 Å². The minimum absolute atomic E-state index is 0.0332. The molecule has 3 heterocycles. The number of hydrogen-bond acceptors (Lipinski definition) is 5. The summed E-state index contributed by atoms with van der Waals surface area (Å²) < 4.78 is 38.9. The van der Waals surface area contributed by atoms with Gasteiger partial charge in [-0.3, -0.25) is 14.8 Å². The standard InChI is InChI=1S/C26H21ClFN5O3S/c1-14-4-17-5-15(7-24(37(29,35)36)25(17)32-11-14)6-19-8-16(2-3-30-19)26(34)33-12-18-9-20-21(27)13-31-23(20)10-22(18)28/h2-5,7-11,13,31H,6,12H2,1H3,(H,33,34)(H2,29,35,36). The Labute approximate surface area is 216 Å². The van der Waals surface area contributed by atoms with E-state index in [1.165, 1.54) is 18.3 Å². The van der Waals surface area contributed by atoms with Crippen LogP contribution in [0.2, 0.25) is 5.02 Å². The van der Waals surface area contributed by atoms with Crippen LogP contribution in [-0.4, -0.2) is 29.3 Å². The summed E-state index contributed by atoms with van der Waals surface area (Å²) in [7, 11) is -4.02. The zero-order chi connectivity index (χ0) is 26.3. The van der Waals surface area contributed by atoms with Crippen molar-refractivity contribution in [1.29, 1.82) is 0 Å². The van der Waals surface area contributed by atoms with E-state index in [0.717, 1.165) is 5.56 Å². The van der Waals surface area contributed by atoms with Crippen molar-refractivity contribution >= 4 is 49.3 Å². The second-order valence-electron chi connectivity index (χ2n) is 8.74. The molecular formula is C26H21ClFN5O3S. The number of H-pyrrole nitrogens is 1. The van der Waals surface area contributed by atoms with Crippen LogP contribution < -0.4 is 10.5 Å². The number of carbonyl (C=O) groups is 1. The maximum absolute atomic E-state index is 14.5. The molecule has 0 aliphatic heterocycles. The number of nitrogens with one attached hydrogen (secondary N) is 2. The summed E-state index contributed by atoms with van der Waals surface area (Å²) in [6, 6.07) is 11.2. The van der Waals surface area contributed by atoms with Crippen LogP contribution in [0.3, 0.4) is 0 Å². The van der Waals surface area contributed by atoms with Crippen LogP contribution in [0, 0.1) is 12.7 Å². The molecule has 0 unspecified atom stereocenters. The van der Waals surface area contributed by atoms with Crippen LogP contribution in [0.5, 0.6) is 0 Å². The predicted molar refractivity (Wildman–Crippen MR) is 139 cm³/mol. The number of primary sulfonamides is 1. The average Bonchev–Trinajstić information content (AvgIpc) is 3.20. The lowest BCUT2D eigenvalue weighted by atomic mass is 10.0. The highest BCUT2D eigenvalue weighted by atomic mass is 35.5. The molecule has 0 atom stereocenters. The Morgan fingerprint density at radius 1 is 1.16 bits per heavy atom. The summed E-state index contributed by atoms with van der Waals surface area (Å²) in [5.74, 6) is -0.875. The zero-order valence-electron chi connectivity index (χ0n) is 19.5. The van der Waals surface area contributed by atoms with Crippen molar-refractivity contribution in [3.63, 3.8) is 0 Å². The second kappa shape index (κ2) is 9.55. The van der Waals surface area contributed by atoms with Crippen LogP contribution >= 0.6 is 11.6 Å². The number of aromatic nitrogens is 3. The largest absolute Gasteiger partial charge is 0.360 e. The van der Waals surface area contributed by atoms with Crippen LogP contribution in [-0.2, 0) is 23.0 Å². The first kappa shape index (κ1) is 24.8. The predicted octanol–water partition coefficient (Wildman–Crippen LogP) is 4.38. The number of rotatable bonds is 6. The summed E-state index contributed by atoms with van der Waals surface area (Å²) in [6.07, 6.45) is 4.90. The molecule has 0 saturated carbocycles. The Balaban J connectivity index is 1.38. The van der Waals surface area contributed by atoms with Crippen LogP contribution in [0.25, 0.3) is 21.8 Å². The fraction of sp³-hybridized carbons (Fsp3) is 0.115. The number of fused-ring (bicyclic) bond motifs is 2. The number of halogens is 2. The van der Waals surface area contributed by atoms with Crippen molar-refractivity contribution < 1.29 is 17.6 Å². The summed E-state index contributed by atoms with van der Waals surface area (Å²) in [6.45, 7) is 1.82. The number of carbonyl (C=O) groups excluding carboxylic acids is 1. The third-order valence-corrected chi connectivity index (χ3v) is 7.19. The molecule has 0 saturated heterocycles. The van der Waals surface area contributed by atoms with Crippen molar-refractivity contribution in [3.05, 3.63) is 99.8 Å². The van der Waals surface area contributed by atoms with Crippen molar-refractivity contribution in [2.24, 2.45) is 5.14 Å². The third kappa shape index (κ3) is 5.17. The Bertz CT molecular complexity index is 1800. The highest BCUT2D eigenvalue weighted by Crippen LogP contribution is 2.26. The Kier molecular flexibility index (Phi) is 6.40. The number of nitrogens with two attached hydrogens (primary N) is 1. The molecule has 0 bridgehead atoms. The number of amides is 1. The minimum atomic E-state index is -4.02. The fourth-order valence-electron chi connectivity index (χ4n) is 4.20. The van der Waals surface area contributed by atoms with E-state index in [4.69, 9.17) is 16.7 Å². The van der Waals surface area contributed by atoms with Gasteiger partial charge in [0.15, 0.2) is 0 Å². The van der Waals surface area contributed by atoms with E-state index >= 15 is 0 Å². The molecule has 0 radical (unpaired) electrons. The molecule has 2 aromatic carbocycles. The highest BCUT2D eigenvalue weighted by Gasteiger charge is 2.17. The van der Waals surface area contributed by atoms with Gasteiger partial charge >= 0.3 is 0 Å². The van der Waals surface area contributed by atoms with Gasteiger partial charge in [-0.1, -0.05) is 11.6 Å². The van der Waals surface area contributed by atoms with Crippen molar-refractivity contribution in [1.82, 2.24) is 20.3 Å². The monoisotopic (exact) mass is 537 g/mol. The number of benzene rings is 2. The molecule has 11 heteroatoms. The lowest BCUT2D eigenvalue weighted by molar-refractivity contribution is 0.0950. The molecule has 5 rings (SSSR count). The summed E-state index contributed by atoms with van der Waals surface area (Å²) in [4.78, 5) is 24.2. The van der Waals surface area contributed by atoms with Gasteiger partial charge in [-0.05, 0) is 60.5 Å². The number of pyridine rings is 2. The lowest BCUT2D eigenvalue weighted by Crippen LogP contribution is -2.23. The molecule has 188 valence electrons. The first-order chi connectivity index (χ1) is 17.6. The molecule has 4 N–H and O–H groups in total. The number of hydrogen-bond donors (Lipinski definition) is 3. The molecule has 5 aromatic rings. The molecule has 0 aliphatic carbocycles. The Hall–Kier alpha value is -3.86. The van der Waals surface area contributed by atoms with E-state index < -0.39 is 21.7 Å². The minimum Gasteiger partial charge on any atom is -0.360 e. The molecule has 37 heavy (non-hydrogen) atoms. The highest BCUT2D eigenvalue weighted by molar-refractivity contribution is 7.89. The van der Waals surface area contributed by atoms with Crippen LogP contribution in [0.1, 0.15) is 32.7 Å². The van der Waals surface area contributed by atoms with Gasteiger partial charge in [0.05, 0.1) is 10.5 Å². The number of sulfonamides is 1. The van der Waals surface area contributed by atoms with Gasteiger partial charge in [-0.2, -0.15) is 0 Å². The zero-order valence-corrected chi connectivity index (χ0v) is 21.1. The van der Waals surface area contributed by atoms with Gasteiger partial charge in [-0.15, -0.1) is 0 Å². The summed E-state index contributed by atoms with van der Waals surface area (Å²) in [5, 5.41) is 9.92. The van der Waals surface area contributed by atoms with Crippen LogP contribution in [0.4, 0.5) is 4.39 Å². The Morgan fingerprint density at radius 3 is 2.76 bits per heavy atom. The van der Waals surface area contributed by atoms with Gasteiger partial charge in [0.1, 0.15) is 10.7 Å². The summed E-state index contributed by atoms with van der Waals surface area (Å²) >= 11 is 6.12. The SMILES string of the molecule is Cc1cnc2c(S(N)(=O)=O)cc(Cc3cc(C(=O)NCc4cc5c(Cl)c[nH]c5cc4F)ccn3)cc2c1. The smallest absolute Gasteiger partial charge is 0.251 e. The quantitative estimate of drug-likeness (QED) is 0.296. The average molecular weight is 538 g/mol. The first-order valence-corrected chi connectivity index (χ1v) is 13.1. The van der Waals surface area contributed by atoms with Crippen molar-refractivity contribution in [2.75, 3.05) is 0 Å². The van der Waals surface area contributed by atoms with Crippen molar-refractivity contribution in [3.8, 4) is 0 Å². The first-order valence-electron chi connectivity index (χ1n) is 11.2. The van der Waals surface area contributed by atoms with E-state index in [1.807, 2.05) is 19.1 Å². The molecule has 0 spiro atoms. The summed E-state index contributed by atoms with van der Waals surface area (Å²) in [5.41, 5.74) is 3.55. The maximum atomic E-state index is 14.5. The van der Waals surface area contributed by atoms with E-state index in [1.54, 1.807) is 30.6 Å². The molecule has 0 fully saturated rings. The van der Waals surface area contributed by atoms with Crippen LogP contribution in [0.15, 0.2) is 66.0 Å². The van der Waals surface area contributed by atoms with E-state index in [9.17, 15) is 17.6 Å². The number of aromatic amines is 1. The van der Waals surface area contributed by atoms with E-state index in [0.29, 0.717) is 49.2 Å². The van der Waals surface area contributed by atoms with Crippen molar-refractivity contribution in [2.45, 2.75) is 24.8 Å². The lowest BCUT2D eigenvalue weighted by Gasteiger charge is -2.10.